The molecule has 1 atom stereocenters. The van der Waals surface area contributed by atoms with Crippen LogP contribution in [0.3, 0.4) is 0 Å². The summed E-state index contributed by atoms with van der Waals surface area (Å²) in [5.74, 6) is 1.33. The van der Waals surface area contributed by atoms with Crippen molar-refractivity contribution in [3.8, 4) is 0 Å². The first kappa shape index (κ1) is 23.5. The number of carbonyl (C=O) groups is 1. The van der Waals surface area contributed by atoms with Crippen molar-refractivity contribution in [1.82, 2.24) is 25.1 Å². The van der Waals surface area contributed by atoms with Crippen molar-refractivity contribution in [2.75, 3.05) is 0 Å². The molecule has 1 N–H and O–H groups in total. The van der Waals surface area contributed by atoms with Gasteiger partial charge in [-0.25, -0.2) is 4.79 Å². The fourth-order valence-electron chi connectivity index (χ4n) is 3.12. The highest BCUT2D eigenvalue weighted by atomic mass is 35.5. The maximum Gasteiger partial charge on any atom is 0.408 e. The fraction of sp³-hybridized carbons (Fsp3) is 0.304. The molecule has 0 aliphatic heterocycles. The van der Waals surface area contributed by atoms with Crippen molar-refractivity contribution >= 4 is 45.8 Å². The Bertz CT molecular complexity index is 1220. The number of halogens is 1. The van der Waals surface area contributed by atoms with Crippen LogP contribution in [0.2, 0.25) is 5.02 Å². The molecule has 0 saturated heterocycles. The summed E-state index contributed by atoms with van der Waals surface area (Å²) in [4.78, 5) is 13.2. The van der Waals surface area contributed by atoms with Gasteiger partial charge in [-0.05, 0) is 44.0 Å². The SMILES string of the molecule is CC(C)(C)OC(=O)NC(Cc1ccccc1)c1nnc2sc(SCc3ccc(Cl)cc3)nn12. The van der Waals surface area contributed by atoms with Gasteiger partial charge in [0.15, 0.2) is 10.2 Å². The Morgan fingerprint density at radius 1 is 1.12 bits per heavy atom. The highest BCUT2D eigenvalue weighted by molar-refractivity contribution is 8.00. The second-order valence-corrected chi connectivity index (χ2v) is 11.0. The minimum atomic E-state index is -0.604. The monoisotopic (exact) mass is 501 g/mol. The van der Waals surface area contributed by atoms with Gasteiger partial charge in [-0.1, -0.05) is 77.2 Å². The lowest BCUT2D eigenvalue weighted by Gasteiger charge is -2.22. The Hall–Kier alpha value is -2.62. The Kier molecular flexibility index (Phi) is 7.21. The predicted molar refractivity (Wildman–Crippen MR) is 132 cm³/mol. The molecule has 2 aromatic heterocycles. The number of hydrogen-bond acceptors (Lipinski definition) is 7. The molecule has 10 heteroatoms. The van der Waals surface area contributed by atoms with Crippen molar-refractivity contribution in [1.29, 1.82) is 0 Å². The second kappa shape index (κ2) is 10.1. The molecular formula is C23H24ClN5O2S2. The number of nitrogens with one attached hydrogen (secondary N) is 1. The van der Waals surface area contributed by atoms with Crippen LogP contribution in [0.15, 0.2) is 58.9 Å². The summed E-state index contributed by atoms with van der Waals surface area (Å²) in [5.41, 5.74) is 1.61. The molecule has 0 spiro atoms. The number of nitrogens with zero attached hydrogens (tertiary/aromatic N) is 4. The summed E-state index contributed by atoms with van der Waals surface area (Å²) < 4.78 is 8.05. The van der Waals surface area contributed by atoms with E-state index in [1.54, 1.807) is 16.3 Å². The van der Waals surface area contributed by atoms with Gasteiger partial charge in [-0.2, -0.15) is 4.52 Å². The molecule has 0 aliphatic carbocycles. The molecule has 0 fully saturated rings. The van der Waals surface area contributed by atoms with E-state index in [9.17, 15) is 4.79 Å². The van der Waals surface area contributed by atoms with Crippen molar-refractivity contribution < 1.29 is 9.53 Å². The van der Waals surface area contributed by atoms with Gasteiger partial charge in [0.05, 0.1) is 6.04 Å². The van der Waals surface area contributed by atoms with E-state index in [-0.39, 0.29) is 0 Å². The second-order valence-electron chi connectivity index (χ2n) is 8.42. The molecule has 1 unspecified atom stereocenters. The number of fused-ring (bicyclic) bond motifs is 1. The Morgan fingerprint density at radius 2 is 1.85 bits per heavy atom. The molecule has 0 aliphatic rings. The van der Waals surface area contributed by atoms with Gasteiger partial charge in [-0.15, -0.1) is 15.3 Å². The van der Waals surface area contributed by atoms with Crippen LogP contribution in [0.4, 0.5) is 4.79 Å². The number of carbonyl (C=O) groups excluding carboxylic acids is 1. The molecule has 2 heterocycles. The lowest BCUT2D eigenvalue weighted by atomic mass is 10.1. The topological polar surface area (TPSA) is 81.4 Å². The molecule has 0 bridgehead atoms. The number of alkyl carbamates (subject to hydrolysis) is 1. The van der Waals surface area contributed by atoms with Crippen molar-refractivity contribution in [2.24, 2.45) is 0 Å². The van der Waals surface area contributed by atoms with E-state index in [2.05, 4.69) is 15.5 Å². The molecule has 0 radical (unpaired) electrons. The van der Waals surface area contributed by atoms with Crippen LogP contribution in [0, 0.1) is 0 Å². The number of hydrogen-bond donors (Lipinski definition) is 1. The minimum absolute atomic E-state index is 0.450. The van der Waals surface area contributed by atoms with E-state index in [1.165, 1.54) is 11.3 Å². The smallest absolute Gasteiger partial charge is 0.408 e. The summed E-state index contributed by atoms with van der Waals surface area (Å²) in [6, 6.07) is 17.2. The van der Waals surface area contributed by atoms with Crippen LogP contribution in [0.1, 0.15) is 43.8 Å². The molecule has 1 amide bonds. The molecule has 4 rings (SSSR count). The summed E-state index contributed by atoms with van der Waals surface area (Å²) in [6.07, 6.45) is 0.0267. The molecule has 7 nitrogen and oxygen atoms in total. The van der Waals surface area contributed by atoms with E-state index in [0.29, 0.717) is 22.2 Å². The number of thioether (sulfide) groups is 1. The van der Waals surface area contributed by atoms with Gasteiger partial charge in [0.25, 0.3) is 0 Å². The largest absolute Gasteiger partial charge is 0.444 e. The van der Waals surface area contributed by atoms with Crippen LogP contribution in [-0.2, 0) is 16.9 Å². The van der Waals surface area contributed by atoms with E-state index >= 15 is 0 Å². The van der Waals surface area contributed by atoms with E-state index < -0.39 is 17.7 Å². The molecule has 2 aromatic carbocycles. The van der Waals surface area contributed by atoms with Gasteiger partial charge in [0.1, 0.15) is 5.60 Å². The first-order chi connectivity index (χ1) is 15.8. The standard InChI is InChI=1S/C23H24ClN5O2S2/c1-23(2,3)31-21(30)25-18(13-15-7-5-4-6-8-15)19-26-27-20-29(19)28-22(33-20)32-14-16-9-11-17(24)12-10-16/h4-12,18H,13-14H2,1-3H3,(H,25,30). The number of benzene rings is 2. The summed E-state index contributed by atoms with van der Waals surface area (Å²) in [7, 11) is 0. The zero-order valence-corrected chi connectivity index (χ0v) is 20.9. The normalized spacial score (nSPS) is 12.6. The number of aromatic nitrogens is 4. The maximum absolute atomic E-state index is 12.6. The molecule has 33 heavy (non-hydrogen) atoms. The Balaban J connectivity index is 1.56. The van der Waals surface area contributed by atoms with Crippen LogP contribution in [0.25, 0.3) is 4.96 Å². The van der Waals surface area contributed by atoms with Gasteiger partial charge in [0, 0.05) is 17.2 Å². The van der Waals surface area contributed by atoms with Crippen LogP contribution in [-0.4, -0.2) is 31.5 Å². The van der Waals surface area contributed by atoms with E-state index in [4.69, 9.17) is 21.4 Å². The summed E-state index contributed by atoms with van der Waals surface area (Å²) in [6.45, 7) is 5.50. The summed E-state index contributed by atoms with van der Waals surface area (Å²) in [5, 5.41) is 17.0. The number of rotatable bonds is 7. The van der Waals surface area contributed by atoms with Gasteiger partial charge < -0.3 is 10.1 Å². The average molecular weight is 502 g/mol. The quantitative estimate of drug-likeness (QED) is 0.315. The Morgan fingerprint density at radius 3 is 2.55 bits per heavy atom. The van der Waals surface area contributed by atoms with Gasteiger partial charge >= 0.3 is 6.09 Å². The number of ether oxygens (including phenoxy) is 1. The molecular weight excluding hydrogens is 478 g/mol. The minimum Gasteiger partial charge on any atom is -0.444 e. The van der Waals surface area contributed by atoms with E-state index in [1.807, 2.05) is 75.4 Å². The van der Waals surface area contributed by atoms with Crippen molar-refractivity contribution in [3.05, 3.63) is 76.6 Å². The van der Waals surface area contributed by atoms with E-state index in [0.717, 1.165) is 21.2 Å². The average Bonchev–Trinajstić information content (AvgIpc) is 3.33. The highest BCUT2D eigenvalue weighted by Gasteiger charge is 2.26. The van der Waals surface area contributed by atoms with Crippen LogP contribution in [0.5, 0.6) is 0 Å². The third-order valence-electron chi connectivity index (χ3n) is 4.56. The number of amides is 1. The van der Waals surface area contributed by atoms with Crippen molar-refractivity contribution in [3.63, 3.8) is 0 Å². The zero-order valence-electron chi connectivity index (χ0n) is 18.5. The third kappa shape index (κ3) is 6.46. The van der Waals surface area contributed by atoms with Crippen LogP contribution >= 0.6 is 34.7 Å². The van der Waals surface area contributed by atoms with Crippen molar-refractivity contribution in [2.45, 2.75) is 48.9 Å². The van der Waals surface area contributed by atoms with Gasteiger partial charge in [-0.3, -0.25) is 0 Å². The fourth-order valence-corrected chi connectivity index (χ4v) is 5.09. The lowest BCUT2D eigenvalue weighted by Crippen LogP contribution is -2.36. The van der Waals surface area contributed by atoms with Crippen LogP contribution < -0.4 is 5.32 Å². The third-order valence-corrected chi connectivity index (χ3v) is 6.91. The Labute approximate surface area is 205 Å². The molecule has 4 aromatic rings. The highest BCUT2D eigenvalue weighted by Crippen LogP contribution is 2.29. The first-order valence-corrected chi connectivity index (χ1v) is 12.6. The zero-order chi connectivity index (χ0) is 23.4. The summed E-state index contributed by atoms with van der Waals surface area (Å²) >= 11 is 9.05. The van der Waals surface area contributed by atoms with Gasteiger partial charge in [0.2, 0.25) is 4.96 Å². The molecule has 0 saturated carbocycles. The predicted octanol–water partition coefficient (Wildman–Crippen LogP) is 5.94. The maximum atomic E-state index is 12.6. The lowest BCUT2D eigenvalue weighted by molar-refractivity contribution is 0.0500. The first-order valence-electron chi connectivity index (χ1n) is 10.4. The molecule has 172 valence electrons.